The Balaban J connectivity index is 1.58. The minimum atomic E-state index is 0.406. The van der Waals surface area contributed by atoms with Gasteiger partial charge in [0.15, 0.2) is 5.96 Å². The van der Waals surface area contributed by atoms with E-state index in [-0.39, 0.29) is 0 Å². The fraction of sp³-hybridized carbons (Fsp3) is 0.455. The molecule has 0 bridgehead atoms. The van der Waals surface area contributed by atoms with E-state index in [1.807, 2.05) is 18.8 Å². The number of aryl methyl sites for hydroxylation is 1. The van der Waals surface area contributed by atoms with Gasteiger partial charge in [0.05, 0.1) is 5.69 Å². The number of benzene rings is 1. The molecular formula is C22H32N6. The number of nitrogens with one attached hydrogen (secondary N) is 1. The van der Waals surface area contributed by atoms with Crippen molar-refractivity contribution in [3.05, 3.63) is 59.4 Å². The molecule has 0 fully saturated rings. The molecule has 1 aromatic heterocycles. The Hall–Kier alpha value is -2.76. The van der Waals surface area contributed by atoms with Crippen molar-refractivity contribution in [2.45, 2.75) is 32.9 Å². The van der Waals surface area contributed by atoms with Gasteiger partial charge < -0.3 is 15.1 Å². The van der Waals surface area contributed by atoms with Crippen molar-refractivity contribution in [2.75, 3.05) is 32.1 Å². The van der Waals surface area contributed by atoms with Crippen LogP contribution in [-0.2, 0) is 20.1 Å². The zero-order valence-electron chi connectivity index (χ0n) is 17.7. The molecule has 1 N–H and O–H groups in total. The summed E-state index contributed by atoms with van der Waals surface area (Å²) in [5.74, 6) is 1.29. The maximum absolute atomic E-state index is 4.60. The first-order valence-electron chi connectivity index (χ1n) is 9.91. The van der Waals surface area contributed by atoms with Crippen LogP contribution in [0.2, 0.25) is 0 Å². The van der Waals surface area contributed by atoms with Crippen LogP contribution in [0.1, 0.15) is 36.6 Å². The fourth-order valence-corrected chi connectivity index (χ4v) is 3.57. The first-order valence-corrected chi connectivity index (χ1v) is 9.91. The predicted octanol–water partition coefficient (Wildman–Crippen LogP) is 3.13. The van der Waals surface area contributed by atoms with Crippen LogP contribution in [0.25, 0.3) is 0 Å². The molecule has 150 valence electrons. The van der Waals surface area contributed by atoms with Crippen LogP contribution in [-0.4, -0.2) is 47.8 Å². The van der Waals surface area contributed by atoms with Gasteiger partial charge in [0, 0.05) is 64.8 Å². The number of hydrogen-bond donors (Lipinski definition) is 1. The zero-order chi connectivity index (χ0) is 20.1. The molecule has 0 spiro atoms. The predicted molar refractivity (Wildman–Crippen MR) is 117 cm³/mol. The van der Waals surface area contributed by atoms with E-state index < -0.39 is 0 Å². The van der Waals surface area contributed by atoms with Gasteiger partial charge in [-0.15, -0.1) is 0 Å². The molecule has 28 heavy (non-hydrogen) atoms. The van der Waals surface area contributed by atoms with E-state index in [4.69, 9.17) is 0 Å². The number of nitrogens with zero attached hydrogens (tertiary/aromatic N) is 5. The summed E-state index contributed by atoms with van der Waals surface area (Å²) in [5.41, 5.74) is 4.91. The lowest BCUT2D eigenvalue weighted by Gasteiger charge is -2.23. The van der Waals surface area contributed by atoms with E-state index >= 15 is 0 Å². The fourth-order valence-electron chi connectivity index (χ4n) is 3.57. The molecule has 1 aromatic carbocycles. The topological polar surface area (TPSA) is 48.7 Å². The van der Waals surface area contributed by atoms with E-state index in [0.29, 0.717) is 5.92 Å². The first-order chi connectivity index (χ1) is 13.5. The Morgan fingerprint density at radius 3 is 2.50 bits per heavy atom. The third-order valence-electron chi connectivity index (χ3n) is 5.04. The van der Waals surface area contributed by atoms with Crippen molar-refractivity contribution in [3.63, 3.8) is 0 Å². The van der Waals surface area contributed by atoms with Crippen molar-refractivity contribution in [3.8, 4) is 0 Å². The molecule has 0 radical (unpaired) electrons. The molecule has 6 heteroatoms. The largest absolute Gasteiger partial charge is 0.364 e. The smallest absolute Gasteiger partial charge is 0.193 e. The molecule has 2 aromatic rings. The van der Waals surface area contributed by atoms with Gasteiger partial charge in [-0.3, -0.25) is 9.67 Å². The lowest BCUT2D eigenvalue weighted by molar-refractivity contribution is 0.473. The van der Waals surface area contributed by atoms with Gasteiger partial charge in [0.2, 0.25) is 0 Å². The molecule has 0 unspecified atom stereocenters. The summed E-state index contributed by atoms with van der Waals surface area (Å²) in [6.45, 7) is 7.90. The van der Waals surface area contributed by atoms with Gasteiger partial charge in [0.25, 0.3) is 0 Å². The second-order valence-corrected chi connectivity index (χ2v) is 7.67. The lowest BCUT2D eigenvalue weighted by atomic mass is 10.1. The highest BCUT2D eigenvalue weighted by molar-refractivity contribution is 5.79. The number of rotatable bonds is 6. The minimum Gasteiger partial charge on any atom is -0.364 e. The number of aromatic nitrogens is 2. The van der Waals surface area contributed by atoms with Crippen LogP contribution in [0.15, 0.2) is 47.6 Å². The zero-order valence-corrected chi connectivity index (χ0v) is 17.7. The summed E-state index contributed by atoms with van der Waals surface area (Å²) in [6, 6.07) is 8.76. The number of hydrogen-bond acceptors (Lipinski definition) is 3. The highest BCUT2D eigenvalue weighted by atomic mass is 15.3. The minimum absolute atomic E-state index is 0.406. The average Bonchev–Trinajstić information content (AvgIpc) is 3.33. The lowest BCUT2D eigenvalue weighted by Crippen LogP contribution is -2.38. The monoisotopic (exact) mass is 380 g/mol. The highest BCUT2D eigenvalue weighted by Crippen LogP contribution is 2.19. The van der Waals surface area contributed by atoms with E-state index in [0.717, 1.165) is 37.8 Å². The van der Waals surface area contributed by atoms with Gasteiger partial charge >= 0.3 is 0 Å². The second kappa shape index (κ2) is 8.95. The Labute approximate surface area is 168 Å². The summed E-state index contributed by atoms with van der Waals surface area (Å²) in [4.78, 5) is 8.95. The van der Waals surface area contributed by atoms with Gasteiger partial charge in [-0.1, -0.05) is 38.1 Å². The Bertz CT molecular complexity index is 823. The van der Waals surface area contributed by atoms with Crippen molar-refractivity contribution >= 4 is 11.6 Å². The maximum atomic E-state index is 4.60. The van der Waals surface area contributed by atoms with Crippen LogP contribution in [0.5, 0.6) is 0 Å². The summed E-state index contributed by atoms with van der Waals surface area (Å²) in [6.07, 6.45) is 6.52. The Morgan fingerprint density at radius 2 is 1.89 bits per heavy atom. The van der Waals surface area contributed by atoms with Crippen LogP contribution >= 0.6 is 0 Å². The first kappa shape index (κ1) is 20.0. The van der Waals surface area contributed by atoms with Crippen molar-refractivity contribution in [1.29, 1.82) is 0 Å². The molecule has 6 nitrogen and oxygen atoms in total. The highest BCUT2D eigenvalue weighted by Gasteiger charge is 2.15. The standard InChI is InChI=1S/C22H32N6/c1-17(2)21-19(16-27(5)25-21)15-26(4)22(23-3)24-14-18-8-10-20(11-9-18)28-12-6-7-13-28/h6-11,16-17H,12-15H2,1-5H3,(H,23,24). The molecule has 1 aliphatic rings. The van der Waals surface area contributed by atoms with E-state index in [1.54, 1.807) is 0 Å². The van der Waals surface area contributed by atoms with Crippen LogP contribution < -0.4 is 10.2 Å². The van der Waals surface area contributed by atoms with Crippen LogP contribution in [0, 0.1) is 0 Å². The maximum Gasteiger partial charge on any atom is 0.193 e. The molecular weight excluding hydrogens is 348 g/mol. The summed E-state index contributed by atoms with van der Waals surface area (Å²) in [5, 5.41) is 8.08. The average molecular weight is 381 g/mol. The number of guanidine groups is 1. The quantitative estimate of drug-likeness (QED) is 0.475. The Kier molecular flexibility index (Phi) is 6.39. The van der Waals surface area contributed by atoms with Crippen LogP contribution in [0.3, 0.4) is 0 Å². The number of aliphatic imine (C=N–C) groups is 1. The van der Waals surface area contributed by atoms with Crippen molar-refractivity contribution < 1.29 is 0 Å². The second-order valence-electron chi connectivity index (χ2n) is 7.67. The van der Waals surface area contributed by atoms with Crippen molar-refractivity contribution in [1.82, 2.24) is 20.0 Å². The summed E-state index contributed by atoms with van der Waals surface area (Å²) in [7, 11) is 5.87. The number of anilines is 1. The summed E-state index contributed by atoms with van der Waals surface area (Å²) >= 11 is 0. The molecule has 1 aliphatic heterocycles. The summed E-state index contributed by atoms with van der Waals surface area (Å²) < 4.78 is 1.89. The third-order valence-corrected chi connectivity index (χ3v) is 5.04. The van der Waals surface area contributed by atoms with E-state index in [9.17, 15) is 0 Å². The van der Waals surface area contributed by atoms with Crippen molar-refractivity contribution in [2.24, 2.45) is 12.0 Å². The normalized spacial score (nSPS) is 14.2. The van der Waals surface area contributed by atoms with Gasteiger partial charge in [0.1, 0.15) is 0 Å². The van der Waals surface area contributed by atoms with E-state index in [1.165, 1.54) is 16.8 Å². The molecule has 0 aliphatic carbocycles. The third kappa shape index (κ3) is 4.74. The molecule has 3 rings (SSSR count). The van der Waals surface area contributed by atoms with Crippen LogP contribution in [0.4, 0.5) is 5.69 Å². The van der Waals surface area contributed by atoms with Gasteiger partial charge in [-0.05, 0) is 23.6 Å². The SMILES string of the molecule is CN=C(NCc1ccc(N2CC=CC2)cc1)N(C)Cc1cn(C)nc1C(C)C. The molecule has 0 atom stereocenters. The van der Waals surface area contributed by atoms with E-state index in [2.05, 4.69) is 88.7 Å². The Morgan fingerprint density at radius 1 is 1.21 bits per heavy atom. The molecule has 0 saturated carbocycles. The molecule has 0 saturated heterocycles. The van der Waals surface area contributed by atoms with Gasteiger partial charge in [-0.2, -0.15) is 5.10 Å². The molecule has 0 amide bonds. The van der Waals surface area contributed by atoms with Gasteiger partial charge in [-0.25, -0.2) is 0 Å². The molecule has 2 heterocycles.